The molecule has 0 aromatic heterocycles. The molecule has 0 bridgehead atoms. The van der Waals surface area contributed by atoms with Crippen molar-refractivity contribution in [2.45, 2.75) is 13.0 Å². The van der Waals surface area contributed by atoms with Crippen molar-refractivity contribution in [2.24, 2.45) is 0 Å². The summed E-state index contributed by atoms with van der Waals surface area (Å²) >= 11 is 5.31. The van der Waals surface area contributed by atoms with E-state index in [1.165, 1.54) is 0 Å². The molecule has 3 N–H and O–H groups in total. The molecule has 6 heteroatoms. The number of carbonyl (C=O) groups is 1. The first-order valence-electron chi connectivity index (χ1n) is 7.62. The van der Waals surface area contributed by atoms with Crippen molar-refractivity contribution >= 4 is 34.0 Å². The number of likely N-dealkylation sites (N-methyl/N-ethyl adjacent to an activating group) is 1. The van der Waals surface area contributed by atoms with Gasteiger partial charge in [0.2, 0.25) is 0 Å². The number of carbonyl (C=O) groups excluding carboxylic acids is 1. The maximum atomic E-state index is 12.5. The van der Waals surface area contributed by atoms with Gasteiger partial charge in [0.05, 0.1) is 18.7 Å². The van der Waals surface area contributed by atoms with Crippen molar-refractivity contribution in [1.29, 1.82) is 0 Å². The first-order chi connectivity index (χ1) is 11.6. The van der Waals surface area contributed by atoms with E-state index in [0.29, 0.717) is 16.4 Å². The van der Waals surface area contributed by atoms with E-state index in [2.05, 4.69) is 16.0 Å². The molecule has 1 aliphatic rings. The Morgan fingerprint density at radius 3 is 2.71 bits per heavy atom. The summed E-state index contributed by atoms with van der Waals surface area (Å²) in [4.78, 5) is 12.5. The van der Waals surface area contributed by atoms with Crippen LogP contribution < -0.4 is 20.7 Å². The third-order valence-corrected chi connectivity index (χ3v) is 4.40. The fraction of sp³-hybridized carbons (Fsp3) is 0.222. The number of fused-ring (bicyclic) bond motifs is 1. The highest BCUT2D eigenvalue weighted by Crippen LogP contribution is 2.38. The van der Waals surface area contributed by atoms with Crippen LogP contribution in [0.3, 0.4) is 0 Å². The van der Waals surface area contributed by atoms with Gasteiger partial charge in [0.15, 0.2) is 5.11 Å². The first-order valence-corrected chi connectivity index (χ1v) is 8.03. The molecule has 2 aromatic rings. The van der Waals surface area contributed by atoms with Gasteiger partial charge in [-0.1, -0.05) is 30.3 Å². The van der Waals surface area contributed by atoms with Crippen molar-refractivity contribution in [1.82, 2.24) is 16.0 Å². The van der Waals surface area contributed by atoms with Crippen LogP contribution in [0.2, 0.25) is 0 Å². The number of hydrogen-bond donors (Lipinski definition) is 3. The minimum absolute atomic E-state index is 0.157. The van der Waals surface area contributed by atoms with E-state index in [4.69, 9.17) is 17.0 Å². The molecule has 5 nitrogen and oxygen atoms in total. The highest BCUT2D eigenvalue weighted by molar-refractivity contribution is 7.80. The lowest BCUT2D eigenvalue weighted by Gasteiger charge is -2.31. The number of rotatable bonds is 3. The highest BCUT2D eigenvalue weighted by Gasteiger charge is 2.32. The average Bonchev–Trinajstić information content (AvgIpc) is 2.59. The summed E-state index contributed by atoms with van der Waals surface area (Å²) in [5, 5.41) is 11.5. The van der Waals surface area contributed by atoms with Crippen molar-refractivity contribution in [3.63, 3.8) is 0 Å². The van der Waals surface area contributed by atoms with E-state index in [1.54, 1.807) is 14.2 Å². The normalized spacial score (nSPS) is 17.3. The smallest absolute Gasteiger partial charge is 0.251 e. The Balaban J connectivity index is 2.29. The fourth-order valence-corrected chi connectivity index (χ4v) is 3.37. The van der Waals surface area contributed by atoms with E-state index in [9.17, 15) is 4.79 Å². The largest absolute Gasteiger partial charge is 0.496 e. The number of benzene rings is 2. The minimum atomic E-state index is -0.389. The molecule has 0 spiro atoms. The Morgan fingerprint density at radius 2 is 2.00 bits per heavy atom. The van der Waals surface area contributed by atoms with Gasteiger partial charge in [-0.15, -0.1) is 0 Å². The van der Waals surface area contributed by atoms with Gasteiger partial charge in [0, 0.05) is 18.3 Å². The van der Waals surface area contributed by atoms with E-state index < -0.39 is 0 Å². The van der Waals surface area contributed by atoms with Crippen LogP contribution in [0.4, 0.5) is 0 Å². The number of hydrogen-bond acceptors (Lipinski definition) is 3. The molecule has 2 aromatic carbocycles. The maximum absolute atomic E-state index is 12.5. The molecule has 124 valence electrons. The summed E-state index contributed by atoms with van der Waals surface area (Å²) in [6.07, 6.45) is 0. The Morgan fingerprint density at radius 1 is 1.25 bits per heavy atom. The van der Waals surface area contributed by atoms with Crippen LogP contribution >= 0.6 is 12.2 Å². The van der Waals surface area contributed by atoms with Gasteiger partial charge in [-0.25, -0.2) is 0 Å². The molecule has 0 radical (unpaired) electrons. The summed E-state index contributed by atoms with van der Waals surface area (Å²) in [5.41, 5.74) is 2.23. The molecule has 0 unspecified atom stereocenters. The number of nitrogens with one attached hydrogen (secondary N) is 3. The molecule has 0 saturated heterocycles. The zero-order chi connectivity index (χ0) is 17.3. The minimum Gasteiger partial charge on any atom is -0.496 e. The lowest BCUT2D eigenvalue weighted by atomic mass is 9.90. The number of amides is 1. The maximum Gasteiger partial charge on any atom is 0.251 e. The third kappa shape index (κ3) is 2.69. The lowest BCUT2D eigenvalue weighted by molar-refractivity contribution is -0.117. The summed E-state index contributed by atoms with van der Waals surface area (Å²) in [6.45, 7) is 1.85. The van der Waals surface area contributed by atoms with Gasteiger partial charge >= 0.3 is 0 Å². The van der Waals surface area contributed by atoms with Gasteiger partial charge in [-0.05, 0) is 36.0 Å². The molecule has 1 amide bonds. The highest BCUT2D eigenvalue weighted by atomic mass is 32.1. The fourth-order valence-electron chi connectivity index (χ4n) is 3.10. The van der Waals surface area contributed by atoms with E-state index in [1.807, 2.05) is 43.3 Å². The third-order valence-electron chi connectivity index (χ3n) is 4.18. The zero-order valence-corrected chi connectivity index (χ0v) is 14.6. The molecule has 1 atom stereocenters. The second-order valence-electron chi connectivity index (χ2n) is 5.55. The molecule has 0 aliphatic carbocycles. The predicted molar refractivity (Wildman–Crippen MR) is 98.9 cm³/mol. The van der Waals surface area contributed by atoms with Gasteiger partial charge < -0.3 is 20.7 Å². The Hall–Kier alpha value is -2.60. The summed E-state index contributed by atoms with van der Waals surface area (Å²) in [7, 11) is 3.25. The van der Waals surface area contributed by atoms with Gasteiger partial charge in [0.1, 0.15) is 5.75 Å². The predicted octanol–water partition coefficient (Wildman–Crippen LogP) is 2.39. The molecule has 0 saturated carbocycles. The van der Waals surface area contributed by atoms with Crippen LogP contribution in [0.15, 0.2) is 47.7 Å². The number of methoxy groups -OCH3 is 1. The Labute approximate surface area is 146 Å². The van der Waals surface area contributed by atoms with Crippen molar-refractivity contribution in [3.8, 4) is 5.75 Å². The summed E-state index contributed by atoms with van der Waals surface area (Å²) in [5.74, 6) is 0.556. The lowest BCUT2D eigenvalue weighted by Crippen LogP contribution is -2.46. The topological polar surface area (TPSA) is 62.4 Å². The number of thiocarbonyl (C=S) groups is 1. The van der Waals surface area contributed by atoms with E-state index in [0.717, 1.165) is 22.0 Å². The van der Waals surface area contributed by atoms with Crippen LogP contribution in [-0.4, -0.2) is 25.2 Å². The monoisotopic (exact) mass is 341 g/mol. The summed E-state index contributed by atoms with van der Waals surface area (Å²) in [6, 6.07) is 11.6. The zero-order valence-electron chi connectivity index (χ0n) is 13.8. The quantitative estimate of drug-likeness (QED) is 0.748. The van der Waals surface area contributed by atoms with Crippen LogP contribution in [0.1, 0.15) is 18.5 Å². The molecule has 1 aliphatic heterocycles. The van der Waals surface area contributed by atoms with Crippen LogP contribution in [-0.2, 0) is 4.79 Å². The second-order valence-corrected chi connectivity index (χ2v) is 5.96. The van der Waals surface area contributed by atoms with Crippen molar-refractivity contribution in [2.75, 3.05) is 14.2 Å². The first kappa shape index (κ1) is 16.3. The van der Waals surface area contributed by atoms with Gasteiger partial charge in [-0.2, -0.15) is 0 Å². The van der Waals surface area contributed by atoms with Crippen molar-refractivity contribution in [3.05, 3.63) is 53.2 Å². The molecule has 1 heterocycles. The standard InChI is InChI=1S/C18H19N3O2S/c1-10-14(17(22)19-2)16(21-18(24)20-10)15-12-7-5-4-6-11(12)8-9-13(15)23-3/h4-9,16H,1-3H3,(H,19,22)(H2,20,21,24)/t16-/m1/s1. The molecule has 0 fully saturated rings. The second kappa shape index (κ2) is 6.49. The van der Waals surface area contributed by atoms with Crippen molar-refractivity contribution < 1.29 is 9.53 Å². The Kier molecular flexibility index (Phi) is 4.40. The van der Waals surface area contributed by atoms with Crippen LogP contribution in [0.5, 0.6) is 5.75 Å². The van der Waals surface area contributed by atoms with Crippen LogP contribution in [0.25, 0.3) is 10.8 Å². The SMILES string of the molecule is CNC(=O)C1=C(C)NC(=S)N[C@H]1c1c(OC)ccc2ccccc12. The van der Waals surface area contributed by atoms with Crippen LogP contribution in [0, 0.1) is 0 Å². The van der Waals surface area contributed by atoms with E-state index in [-0.39, 0.29) is 11.9 Å². The molecule has 24 heavy (non-hydrogen) atoms. The van der Waals surface area contributed by atoms with Gasteiger partial charge in [0.25, 0.3) is 5.91 Å². The average molecular weight is 341 g/mol. The summed E-state index contributed by atoms with van der Waals surface area (Å²) < 4.78 is 5.58. The number of ether oxygens (including phenoxy) is 1. The molecule has 3 rings (SSSR count). The number of allylic oxidation sites excluding steroid dienone is 1. The molecular weight excluding hydrogens is 322 g/mol. The van der Waals surface area contributed by atoms with Gasteiger partial charge in [-0.3, -0.25) is 4.79 Å². The van der Waals surface area contributed by atoms with E-state index >= 15 is 0 Å². The molecular formula is C18H19N3O2S. The Bertz CT molecular complexity index is 860.